The average Bonchev–Trinajstić information content (AvgIpc) is 3.47. The van der Waals surface area contributed by atoms with E-state index in [0.29, 0.717) is 0 Å². The van der Waals surface area contributed by atoms with Crippen LogP contribution in [0, 0.1) is 0 Å². The van der Waals surface area contributed by atoms with E-state index in [1.165, 1.54) is 0 Å². The second-order valence-electron chi connectivity index (χ2n) is 7.75. The molecule has 0 atom stereocenters. The largest absolute Gasteiger partial charge is 0.333 e. The molecule has 0 amide bonds. The van der Waals surface area contributed by atoms with Gasteiger partial charge in [-0.25, -0.2) is 4.79 Å². The molecule has 6 nitrogen and oxygen atoms in total. The molecule has 32 heavy (non-hydrogen) atoms. The number of pyridine rings is 2. The van der Waals surface area contributed by atoms with Gasteiger partial charge in [0.25, 0.3) is 0 Å². The van der Waals surface area contributed by atoms with Gasteiger partial charge in [0.05, 0.1) is 28.4 Å². The quantitative estimate of drug-likeness (QED) is 0.418. The van der Waals surface area contributed by atoms with Crippen molar-refractivity contribution < 1.29 is 0 Å². The lowest BCUT2D eigenvalue weighted by atomic mass is 10.0. The zero-order chi connectivity index (χ0) is 21.7. The second-order valence-corrected chi connectivity index (χ2v) is 7.75. The van der Waals surface area contributed by atoms with Crippen molar-refractivity contribution in [1.82, 2.24) is 23.7 Å². The molecule has 0 spiro atoms. The molecular weight excluding hydrogens is 398 g/mol. The van der Waals surface area contributed by atoms with Crippen molar-refractivity contribution in [2.45, 2.75) is 0 Å². The molecule has 2 aromatic carbocycles. The summed E-state index contributed by atoms with van der Waals surface area (Å²) in [5.74, 6) is 0. The average molecular weight is 417 g/mol. The minimum Gasteiger partial charge on any atom is -0.324 e. The molecule has 0 fully saturated rings. The molecule has 6 aromatic rings. The van der Waals surface area contributed by atoms with Gasteiger partial charge in [-0.15, -0.1) is 0 Å². The Morgan fingerprint density at radius 2 is 1.59 bits per heavy atom. The Balaban J connectivity index is 1.61. The summed E-state index contributed by atoms with van der Waals surface area (Å²) in [6.07, 6.45) is 9.37. The van der Waals surface area contributed by atoms with Crippen LogP contribution in [0.5, 0.6) is 0 Å². The lowest BCUT2D eigenvalue weighted by molar-refractivity contribution is 0.845. The molecule has 6 rings (SSSR count). The molecule has 0 saturated carbocycles. The summed E-state index contributed by atoms with van der Waals surface area (Å²) in [6, 6.07) is 22.0. The highest BCUT2D eigenvalue weighted by molar-refractivity contribution is 6.04. The number of fused-ring (bicyclic) bond motifs is 3. The summed E-state index contributed by atoms with van der Waals surface area (Å²) in [5.41, 5.74) is 6.29. The fourth-order valence-electron chi connectivity index (χ4n) is 4.23. The van der Waals surface area contributed by atoms with E-state index < -0.39 is 0 Å². The fraction of sp³-hybridized carbons (Fsp3) is 0.0385. The molecule has 0 aliphatic carbocycles. The maximum atomic E-state index is 13.3. The first-order chi connectivity index (χ1) is 15.7. The summed E-state index contributed by atoms with van der Waals surface area (Å²) in [7, 11) is 1.79. The number of rotatable bonds is 3. The molecule has 0 saturated heterocycles. The van der Waals surface area contributed by atoms with Crippen LogP contribution in [0.25, 0.3) is 44.4 Å². The highest BCUT2D eigenvalue weighted by Gasteiger charge is 2.16. The van der Waals surface area contributed by atoms with Crippen LogP contribution >= 0.6 is 0 Å². The summed E-state index contributed by atoms with van der Waals surface area (Å²) < 4.78 is 5.46. The van der Waals surface area contributed by atoms with Crippen molar-refractivity contribution >= 4 is 21.9 Å². The van der Waals surface area contributed by atoms with Gasteiger partial charge in [-0.2, -0.15) is 0 Å². The van der Waals surface area contributed by atoms with Crippen molar-refractivity contribution in [3.05, 3.63) is 108 Å². The number of hydrogen-bond acceptors (Lipinski definition) is 3. The first kappa shape index (κ1) is 18.3. The molecule has 6 heteroatoms. The smallest absolute Gasteiger partial charge is 0.324 e. The molecule has 0 radical (unpaired) electrons. The third-order valence-electron chi connectivity index (χ3n) is 5.89. The molecule has 0 unspecified atom stereocenters. The van der Waals surface area contributed by atoms with E-state index in [0.717, 1.165) is 44.4 Å². The Bertz CT molecular complexity index is 1630. The van der Waals surface area contributed by atoms with E-state index in [4.69, 9.17) is 0 Å². The molecule has 0 bridgehead atoms. The van der Waals surface area contributed by atoms with Crippen molar-refractivity contribution in [3.63, 3.8) is 0 Å². The SMILES string of the molecule is Cn1c(=O)n(-c2ccc(-n3cccc3)cc2)c2c3cc(-c4cccnc4)ccc3ncc21. The topological polar surface area (TPSA) is 57.6 Å². The molecule has 4 heterocycles. The van der Waals surface area contributed by atoms with Gasteiger partial charge in [0.2, 0.25) is 0 Å². The van der Waals surface area contributed by atoms with Gasteiger partial charge >= 0.3 is 5.69 Å². The van der Waals surface area contributed by atoms with Crippen molar-refractivity contribution in [1.29, 1.82) is 0 Å². The van der Waals surface area contributed by atoms with Crippen LogP contribution in [-0.2, 0) is 7.05 Å². The Morgan fingerprint density at radius 3 is 2.34 bits per heavy atom. The minimum absolute atomic E-state index is 0.102. The Kier molecular flexibility index (Phi) is 4.04. The Labute approximate surface area is 183 Å². The van der Waals surface area contributed by atoms with E-state index in [1.54, 1.807) is 28.6 Å². The van der Waals surface area contributed by atoms with Crippen LogP contribution in [0.1, 0.15) is 0 Å². The fourth-order valence-corrected chi connectivity index (χ4v) is 4.23. The van der Waals surface area contributed by atoms with Gasteiger partial charge in [0.1, 0.15) is 0 Å². The van der Waals surface area contributed by atoms with Crippen LogP contribution in [0.4, 0.5) is 0 Å². The van der Waals surface area contributed by atoms with E-state index in [1.807, 2.05) is 83.8 Å². The number of benzene rings is 2. The zero-order valence-corrected chi connectivity index (χ0v) is 17.4. The predicted molar refractivity (Wildman–Crippen MR) is 126 cm³/mol. The third kappa shape index (κ3) is 2.77. The number of nitrogens with zero attached hydrogens (tertiary/aromatic N) is 5. The van der Waals surface area contributed by atoms with Gasteiger partial charge in [0, 0.05) is 48.5 Å². The number of aromatic nitrogens is 5. The lowest BCUT2D eigenvalue weighted by Crippen LogP contribution is -2.20. The standard InChI is InChI=1S/C26H19N5O/c1-29-24-17-28-23-11-6-18(19-5-4-12-27-16-19)15-22(23)25(24)31(26(29)32)21-9-7-20(8-10-21)30-13-2-3-14-30/h2-17H,1H3. The molecular formula is C26H19N5O. The number of hydrogen-bond donors (Lipinski definition) is 0. The van der Waals surface area contributed by atoms with Crippen LogP contribution in [0.15, 0.2) is 103 Å². The molecule has 0 aliphatic rings. The van der Waals surface area contributed by atoms with Gasteiger partial charge in [-0.05, 0) is 60.2 Å². The minimum atomic E-state index is -0.102. The Morgan fingerprint density at radius 1 is 0.812 bits per heavy atom. The van der Waals surface area contributed by atoms with E-state index >= 15 is 0 Å². The summed E-state index contributed by atoms with van der Waals surface area (Å²) in [4.78, 5) is 22.1. The molecule has 0 N–H and O–H groups in total. The van der Waals surface area contributed by atoms with Crippen LogP contribution in [0.3, 0.4) is 0 Å². The lowest BCUT2D eigenvalue weighted by Gasteiger charge is -2.09. The highest BCUT2D eigenvalue weighted by atomic mass is 16.1. The number of aryl methyl sites for hydroxylation is 1. The van der Waals surface area contributed by atoms with Crippen LogP contribution in [-0.4, -0.2) is 23.7 Å². The monoisotopic (exact) mass is 417 g/mol. The van der Waals surface area contributed by atoms with Gasteiger partial charge in [0.15, 0.2) is 0 Å². The van der Waals surface area contributed by atoms with E-state index in [2.05, 4.69) is 16.0 Å². The molecule has 0 aliphatic heterocycles. The van der Waals surface area contributed by atoms with Crippen LogP contribution < -0.4 is 5.69 Å². The predicted octanol–water partition coefficient (Wildman–Crippen LogP) is 4.73. The zero-order valence-electron chi connectivity index (χ0n) is 17.4. The van der Waals surface area contributed by atoms with Gasteiger partial charge in [-0.3, -0.25) is 19.1 Å². The highest BCUT2D eigenvalue weighted by Crippen LogP contribution is 2.29. The van der Waals surface area contributed by atoms with Crippen LogP contribution in [0.2, 0.25) is 0 Å². The second kappa shape index (κ2) is 7.06. The molecule has 154 valence electrons. The van der Waals surface area contributed by atoms with Crippen molar-refractivity contribution in [2.75, 3.05) is 0 Å². The van der Waals surface area contributed by atoms with Gasteiger partial charge < -0.3 is 4.57 Å². The summed E-state index contributed by atoms with van der Waals surface area (Å²) >= 11 is 0. The maximum Gasteiger partial charge on any atom is 0.333 e. The Hall–Kier alpha value is -4.45. The first-order valence-corrected chi connectivity index (χ1v) is 10.3. The molecule has 4 aromatic heterocycles. The summed E-state index contributed by atoms with van der Waals surface area (Å²) in [6.45, 7) is 0. The van der Waals surface area contributed by atoms with Crippen molar-refractivity contribution in [3.8, 4) is 22.5 Å². The summed E-state index contributed by atoms with van der Waals surface area (Å²) in [5, 5.41) is 0.927. The normalized spacial score (nSPS) is 11.4. The van der Waals surface area contributed by atoms with E-state index in [-0.39, 0.29) is 5.69 Å². The van der Waals surface area contributed by atoms with E-state index in [9.17, 15) is 4.79 Å². The van der Waals surface area contributed by atoms with Crippen molar-refractivity contribution in [2.24, 2.45) is 7.05 Å². The van der Waals surface area contributed by atoms with Gasteiger partial charge in [-0.1, -0.05) is 12.1 Å². The third-order valence-corrected chi connectivity index (χ3v) is 5.89. The number of imidazole rings is 1. The first-order valence-electron chi connectivity index (χ1n) is 10.3. The maximum absolute atomic E-state index is 13.3.